The predicted octanol–water partition coefficient (Wildman–Crippen LogP) is 1.21. The Morgan fingerprint density at radius 1 is 0.850 bits per heavy atom. The second-order valence-electron chi connectivity index (χ2n) is 4.56. The molecule has 2 heterocycles. The first-order valence-electron chi connectivity index (χ1n) is 6.71. The molecule has 102 valence electrons. The molecule has 0 fully saturated rings. The van der Waals surface area contributed by atoms with Gasteiger partial charge in [0, 0.05) is 25.0 Å². The molecule has 0 N–H and O–H groups in total. The van der Waals surface area contributed by atoms with Gasteiger partial charge in [-0.2, -0.15) is 0 Å². The summed E-state index contributed by atoms with van der Waals surface area (Å²) in [6, 6.07) is 4.05. The van der Waals surface area contributed by atoms with E-state index in [2.05, 4.69) is 32.3 Å². The first-order valence-corrected chi connectivity index (χ1v) is 6.71. The lowest BCUT2D eigenvalue weighted by Gasteiger charge is -1.99. The summed E-state index contributed by atoms with van der Waals surface area (Å²) < 4.78 is 4.13. The van der Waals surface area contributed by atoms with Crippen LogP contribution in [0.4, 0.5) is 0 Å². The van der Waals surface area contributed by atoms with Crippen molar-refractivity contribution in [3.05, 3.63) is 73.9 Å². The van der Waals surface area contributed by atoms with E-state index < -0.39 is 0 Å². The first-order chi connectivity index (χ1) is 9.81. The minimum absolute atomic E-state index is 0.810. The first kappa shape index (κ1) is 14.1. The van der Waals surface area contributed by atoms with Gasteiger partial charge in [-0.3, -0.25) is 0 Å². The van der Waals surface area contributed by atoms with E-state index in [1.165, 1.54) is 0 Å². The Kier molecular flexibility index (Phi) is 5.12. The molecule has 20 heavy (non-hydrogen) atoms. The summed E-state index contributed by atoms with van der Waals surface area (Å²) in [6.07, 6.45) is 13.2. The van der Waals surface area contributed by atoms with E-state index in [-0.39, 0.29) is 0 Å². The van der Waals surface area contributed by atoms with E-state index in [1.807, 2.05) is 49.3 Å². The average molecular weight is 268 g/mol. The molecule has 0 atom stereocenters. The van der Waals surface area contributed by atoms with Crippen LogP contribution in [0.5, 0.6) is 0 Å². The Hall–Kier alpha value is -2.36. The van der Waals surface area contributed by atoms with Crippen molar-refractivity contribution >= 4 is 0 Å². The molecule has 0 unspecified atom stereocenters. The molecule has 0 aliphatic carbocycles. The number of rotatable bonds is 7. The highest BCUT2D eigenvalue weighted by atomic mass is 15.1. The Bertz CT molecular complexity index is 505. The van der Waals surface area contributed by atoms with Crippen molar-refractivity contribution in [3.8, 4) is 0 Å². The van der Waals surface area contributed by atoms with Crippen LogP contribution in [-0.2, 0) is 25.9 Å². The van der Waals surface area contributed by atoms with Gasteiger partial charge in [-0.15, -0.1) is 13.2 Å². The van der Waals surface area contributed by atoms with Gasteiger partial charge in [0.15, 0.2) is 11.4 Å². The topological polar surface area (TPSA) is 33.5 Å². The Morgan fingerprint density at radius 3 is 1.60 bits per heavy atom. The summed E-state index contributed by atoms with van der Waals surface area (Å²) in [4.78, 5) is 8.75. The second kappa shape index (κ2) is 7.28. The van der Waals surface area contributed by atoms with E-state index in [0.29, 0.717) is 0 Å². The molecule has 0 saturated heterocycles. The molecule has 0 spiro atoms. The maximum Gasteiger partial charge on any atom is 0.286 e. The largest absolute Gasteiger partial charge is 0.286 e. The highest BCUT2D eigenvalue weighted by Crippen LogP contribution is 1.92. The molecule has 4 nitrogen and oxygen atoms in total. The van der Waals surface area contributed by atoms with E-state index >= 15 is 0 Å². The predicted molar refractivity (Wildman–Crippen MR) is 76.7 cm³/mol. The molecule has 4 heteroatoms. The van der Waals surface area contributed by atoms with Crippen molar-refractivity contribution in [2.45, 2.75) is 25.9 Å². The summed E-state index contributed by atoms with van der Waals surface area (Å²) in [6.45, 7) is 9.16. The molecule has 0 aromatic carbocycles. The number of hydrogen-bond donors (Lipinski definition) is 0. The van der Waals surface area contributed by atoms with Crippen LogP contribution >= 0.6 is 0 Å². The van der Waals surface area contributed by atoms with Crippen LogP contribution in [0.2, 0.25) is 0 Å². The second-order valence-corrected chi connectivity index (χ2v) is 4.56. The number of nitrogens with zero attached hydrogens (tertiary/aromatic N) is 4. The lowest BCUT2D eigenvalue weighted by Crippen LogP contribution is -2.44. The van der Waals surface area contributed by atoms with Crippen molar-refractivity contribution in [1.29, 1.82) is 0 Å². The van der Waals surface area contributed by atoms with Crippen LogP contribution in [0.3, 0.4) is 0 Å². The van der Waals surface area contributed by atoms with Gasteiger partial charge in [0.05, 0.1) is 12.4 Å². The standard InChI is InChI=1S/C16H20N4/c1-3-5-15-7-9-19(13-17-15)11-12-20-10-8-16(6-4-2)18-14-20/h3-4,7-10,13-14H,1-2,5-6,11-12H2/q+2. The smallest absolute Gasteiger partial charge is 0.233 e. The molecule has 0 aliphatic rings. The molecule has 0 amide bonds. The van der Waals surface area contributed by atoms with Crippen molar-refractivity contribution in [2.24, 2.45) is 0 Å². The Morgan fingerprint density at radius 2 is 1.30 bits per heavy atom. The van der Waals surface area contributed by atoms with Crippen molar-refractivity contribution < 1.29 is 9.13 Å². The van der Waals surface area contributed by atoms with Gasteiger partial charge < -0.3 is 0 Å². The monoisotopic (exact) mass is 268 g/mol. The summed E-state index contributed by atoms with van der Waals surface area (Å²) in [5.74, 6) is 0. The SMILES string of the molecule is C=CCc1cc[n+](CC[n+]2ccc(CC=C)nc2)cn1. The maximum absolute atomic E-state index is 4.37. The lowest BCUT2D eigenvalue weighted by atomic mass is 10.3. The van der Waals surface area contributed by atoms with Crippen molar-refractivity contribution in [2.75, 3.05) is 0 Å². The Balaban J connectivity index is 1.90. The molecule has 2 rings (SSSR count). The minimum atomic E-state index is 0.810. The highest BCUT2D eigenvalue weighted by molar-refractivity contribution is 5.00. The molecule has 0 bridgehead atoms. The van der Waals surface area contributed by atoms with Crippen LogP contribution < -0.4 is 9.13 Å². The van der Waals surface area contributed by atoms with Gasteiger partial charge in [-0.05, 0) is 0 Å². The number of allylic oxidation sites excluding steroid dienone is 2. The zero-order valence-electron chi connectivity index (χ0n) is 11.7. The fourth-order valence-corrected chi connectivity index (χ4v) is 1.86. The highest BCUT2D eigenvalue weighted by Gasteiger charge is 2.05. The molecule has 0 radical (unpaired) electrons. The van der Waals surface area contributed by atoms with Crippen LogP contribution in [0, 0.1) is 0 Å². The van der Waals surface area contributed by atoms with E-state index in [1.54, 1.807) is 0 Å². The van der Waals surface area contributed by atoms with Gasteiger partial charge in [0.2, 0.25) is 0 Å². The zero-order valence-corrected chi connectivity index (χ0v) is 11.7. The summed E-state index contributed by atoms with van der Waals surface area (Å²) in [5.41, 5.74) is 2.08. The van der Waals surface area contributed by atoms with Crippen LogP contribution in [0.1, 0.15) is 11.4 Å². The van der Waals surface area contributed by atoms with Crippen LogP contribution in [0.25, 0.3) is 0 Å². The fraction of sp³-hybridized carbons (Fsp3) is 0.250. The molecule has 2 aromatic heterocycles. The lowest BCUT2D eigenvalue weighted by molar-refractivity contribution is -0.781. The molecular formula is C16H20N4+2. The van der Waals surface area contributed by atoms with Crippen molar-refractivity contribution in [1.82, 2.24) is 9.97 Å². The van der Waals surface area contributed by atoms with Gasteiger partial charge in [-0.1, -0.05) is 22.1 Å². The third-order valence-corrected chi connectivity index (χ3v) is 2.98. The molecule has 2 aromatic rings. The number of aryl methyl sites for hydroxylation is 2. The van der Waals surface area contributed by atoms with Gasteiger partial charge >= 0.3 is 0 Å². The van der Waals surface area contributed by atoms with Gasteiger partial charge in [-0.25, -0.2) is 9.13 Å². The zero-order chi connectivity index (χ0) is 14.2. The van der Waals surface area contributed by atoms with E-state index in [0.717, 1.165) is 37.3 Å². The summed E-state index contributed by atoms with van der Waals surface area (Å²) in [5, 5.41) is 0. The maximum atomic E-state index is 4.37. The quantitative estimate of drug-likeness (QED) is 0.558. The van der Waals surface area contributed by atoms with Crippen molar-refractivity contribution in [3.63, 3.8) is 0 Å². The molecular weight excluding hydrogens is 248 g/mol. The van der Waals surface area contributed by atoms with E-state index in [9.17, 15) is 0 Å². The number of aromatic nitrogens is 4. The third kappa shape index (κ3) is 4.09. The normalized spacial score (nSPS) is 10.2. The van der Waals surface area contributed by atoms with Gasteiger partial charge in [0.25, 0.3) is 12.7 Å². The fourth-order valence-electron chi connectivity index (χ4n) is 1.86. The van der Waals surface area contributed by atoms with Crippen LogP contribution in [-0.4, -0.2) is 9.97 Å². The van der Waals surface area contributed by atoms with Gasteiger partial charge in [0.1, 0.15) is 13.1 Å². The molecule has 0 saturated carbocycles. The third-order valence-electron chi connectivity index (χ3n) is 2.98. The summed E-state index contributed by atoms with van der Waals surface area (Å²) in [7, 11) is 0. The summed E-state index contributed by atoms with van der Waals surface area (Å²) >= 11 is 0. The minimum Gasteiger partial charge on any atom is -0.233 e. The average Bonchev–Trinajstić information content (AvgIpc) is 2.49. The Labute approximate surface area is 119 Å². The number of hydrogen-bond acceptors (Lipinski definition) is 2. The molecule has 0 aliphatic heterocycles. The van der Waals surface area contributed by atoms with E-state index in [4.69, 9.17) is 0 Å². The van der Waals surface area contributed by atoms with Crippen LogP contribution in [0.15, 0.2) is 62.5 Å².